The maximum atomic E-state index is 9.72. The molecule has 0 saturated carbocycles. The van der Waals surface area contributed by atoms with Crippen molar-refractivity contribution in [2.45, 2.75) is 57.8 Å². The second kappa shape index (κ2) is 12.6. The molecule has 2 heteroatoms. The van der Waals surface area contributed by atoms with E-state index in [-0.39, 0.29) is 11.5 Å². The largest absolute Gasteiger partial charge is 0.504 e. The molecule has 0 aliphatic rings. The highest BCUT2D eigenvalue weighted by molar-refractivity contribution is 5.44. The predicted octanol–water partition coefficient (Wildman–Crippen LogP) is 6.06. The Morgan fingerprint density at radius 3 is 2.35 bits per heavy atom. The van der Waals surface area contributed by atoms with Crippen LogP contribution in [0.3, 0.4) is 0 Å². The summed E-state index contributed by atoms with van der Waals surface area (Å²) in [4.78, 5) is 0. The first-order chi connectivity index (χ1) is 11.3. The Hall–Kier alpha value is -1.96. The zero-order valence-electron chi connectivity index (χ0n) is 14.1. The molecule has 0 saturated heterocycles. The number of hydrogen-bond acceptors (Lipinski definition) is 2. The van der Waals surface area contributed by atoms with Gasteiger partial charge in [0, 0.05) is 0 Å². The van der Waals surface area contributed by atoms with Crippen LogP contribution in [0.1, 0.15) is 56.9 Å². The normalized spacial score (nSPS) is 11.5. The third-order valence-electron chi connectivity index (χ3n) is 3.82. The van der Waals surface area contributed by atoms with Gasteiger partial charge < -0.3 is 10.2 Å². The standard InChI is InChI=1S/C21H30O2/c1-2-3-4-5-6-7-8-9-10-11-12-13-14-16-19-17-15-18-20(22)21(19)23/h2,4-5,7-8,15,17-18,22-23H,1,3,6,9-14,16H2/b5-4+,8-7+. The van der Waals surface area contributed by atoms with Gasteiger partial charge in [0.25, 0.3) is 0 Å². The lowest BCUT2D eigenvalue weighted by Gasteiger charge is -2.05. The van der Waals surface area contributed by atoms with Gasteiger partial charge >= 0.3 is 0 Å². The number of para-hydroxylation sites is 1. The Bertz CT molecular complexity index is 501. The highest BCUT2D eigenvalue weighted by Crippen LogP contribution is 2.29. The maximum absolute atomic E-state index is 9.72. The van der Waals surface area contributed by atoms with Crippen molar-refractivity contribution in [3.05, 3.63) is 60.7 Å². The summed E-state index contributed by atoms with van der Waals surface area (Å²) in [6.45, 7) is 3.68. The van der Waals surface area contributed by atoms with Gasteiger partial charge in [0.1, 0.15) is 0 Å². The number of unbranched alkanes of at least 4 members (excludes halogenated alkanes) is 5. The Morgan fingerprint density at radius 1 is 0.826 bits per heavy atom. The number of allylic oxidation sites excluding steroid dienone is 5. The molecule has 23 heavy (non-hydrogen) atoms. The number of rotatable bonds is 12. The van der Waals surface area contributed by atoms with Gasteiger partial charge in [-0.15, -0.1) is 6.58 Å². The molecule has 0 atom stereocenters. The van der Waals surface area contributed by atoms with Crippen LogP contribution in [-0.4, -0.2) is 10.2 Å². The van der Waals surface area contributed by atoms with Gasteiger partial charge in [0.15, 0.2) is 11.5 Å². The minimum Gasteiger partial charge on any atom is -0.504 e. The van der Waals surface area contributed by atoms with Gasteiger partial charge in [-0.25, -0.2) is 0 Å². The fraction of sp³-hybridized carbons (Fsp3) is 0.429. The summed E-state index contributed by atoms with van der Waals surface area (Å²) < 4.78 is 0. The smallest absolute Gasteiger partial charge is 0.160 e. The Balaban J connectivity index is 1.98. The molecule has 0 aliphatic heterocycles. The second-order valence-corrected chi connectivity index (χ2v) is 5.79. The molecule has 0 aliphatic carbocycles. The summed E-state index contributed by atoms with van der Waals surface area (Å²) in [5.41, 5.74) is 0.845. The van der Waals surface area contributed by atoms with Gasteiger partial charge in [-0.3, -0.25) is 0 Å². The molecule has 1 aromatic carbocycles. The number of aryl methyl sites for hydroxylation is 1. The lowest BCUT2D eigenvalue weighted by molar-refractivity contribution is 0.398. The number of hydrogen-bond donors (Lipinski definition) is 2. The first-order valence-electron chi connectivity index (χ1n) is 8.66. The first kappa shape index (κ1) is 19.1. The van der Waals surface area contributed by atoms with Crippen molar-refractivity contribution in [1.29, 1.82) is 0 Å². The molecule has 0 unspecified atom stereocenters. The SMILES string of the molecule is C=CC/C=C/C/C=C/CCCCCCCc1cccc(O)c1O. The van der Waals surface area contributed by atoms with Crippen molar-refractivity contribution in [2.24, 2.45) is 0 Å². The minimum absolute atomic E-state index is 0.0198. The van der Waals surface area contributed by atoms with Crippen LogP contribution >= 0.6 is 0 Å². The molecular weight excluding hydrogens is 284 g/mol. The van der Waals surface area contributed by atoms with E-state index < -0.39 is 0 Å². The van der Waals surface area contributed by atoms with Gasteiger partial charge in [-0.05, 0) is 50.2 Å². The van der Waals surface area contributed by atoms with Gasteiger partial charge in [-0.2, -0.15) is 0 Å². The van der Waals surface area contributed by atoms with E-state index in [1.165, 1.54) is 31.7 Å². The molecule has 1 aromatic rings. The minimum atomic E-state index is -0.0198. The number of phenolic OH excluding ortho intramolecular Hbond substituents is 2. The molecule has 2 N–H and O–H groups in total. The average Bonchev–Trinajstić information content (AvgIpc) is 2.55. The summed E-state index contributed by atoms with van der Waals surface area (Å²) in [5.74, 6) is 0.0217. The summed E-state index contributed by atoms with van der Waals surface area (Å²) in [7, 11) is 0. The van der Waals surface area contributed by atoms with Crippen LogP contribution in [0.15, 0.2) is 55.2 Å². The summed E-state index contributed by atoms with van der Waals surface area (Å²) in [6, 6.07) is 5.17. The quantitative estimate of drug-likeness (QED) is 0.280. The third kappa shape index (κ3) is 8.92. The summed E-state index contributed by atoms with van der Waals surface area (Å²) >= 11 is 0. The molecule has 2 nitrogen and oxygen atoms in total. The lowest BCUT2D eigenvalue weighted by atomic mass is 10.0. The average molecular weight is 314 g/mol. The molecule has 1 rings (SSSR count). The van der Waals surface area contributed by atoms with Crippen LogP contribution in [0.2, 0.25) is 0 Å². The first-order valence-corrected chi connectivity index (χ1v) is 8.66. The van der Waals surface area contributed by atoms with Gasteiger partial charge in [0.2, 0.25) is 0 Å². The predicted molar refractivity (Wildman–Crippen MR) is 98.9 cm³/mol. The molecule has 126 valence electrons. The molecular formula is C21H30O2. The van der Waals surface area contributed by atoms with E-state index >= 15 is 0 Å². The molecule has 0 bridgehead atoms. The fourth-order valence-electron chi connectivity index (χ4n) is 2.47. The van der Waals surface area contributed by atoms with E-state index in [0.717, 1.165) is 37.7 Å². The van der Waals surface area contributed by atoms with Gasteiger partial charge in [-0.1, -0.05) is 61.8 Å². The van der Waals surface area contributed by atoms with Crippen molar-refractivity contribution in [1.82, 2.24) is 0 Å². The van der Waals surface area contributed by atoms with Crippen LogP contribution in [0.25, 0.3) is 0 Å². The number of phenols is 2. The molecule has 0 radical (unpaired) electrons. The van der Waals surface area contributed by atoms with Crippen LogP contribution in [0.5, 0.6) is 11.5 Å². The highest BCUT2D eigenvalue weighted by Gasteiger charge is 2.04. The molecule has 0 amide bonds. The Kier molecular flexibility index (Phi) is 10.4. The van der Waals surface area contributed by atoms with E-state index in [1.807, 2.05) is 12.1 Å². The summed E-state index contributed by atoms with van der Waals surface area (Å²) in [6.07, 6.45) is 20.6. The van der Waals surface area contributed by atoms with Gasteiger partial charge in [0.05, 0.1) is 0 Å². The number of benzene rings is 1. The third-order valence-corrected chi connectivity index (χ3v) is 3.82. The topological polar surface area (TPSA) is 40.5 Å². The molecule has 0 fully saturated rings. The molecule has 0 heterocycles. The maximum Gasteiger partial charge on any atom is 0.160 e. The number of aromatic hydroxyl groups is 2. The van der Waals surface area contributed by atoms with Crippen molar-refractivity contribution in [3.8, 4) is 11.5 Å². The fourth-order valence-corrected chi connectivity index (χ4v) is 2.47. The van der Waals surface area contributed by atoms with E-state index in [2.05, 4.69) is 30.9 Å². The van der Waals surface area contributed by atoms with Crippen LogP contribution < -0.4 is 0 Å². The molecule has 0 spiro atoms. The van der Waals surface area contributed by atoms with Crippen molar-refractivity contribution in [3.63, 3.8) is 0 Å². The van der Waals surface area contributed by atoms with Crippen LogP contribution in [-0.2, 0) is 6.42 Å². The highest BCUT2D eigenvalue weighted by atomic mass is 16.3. The van der Waals surface area contributed by atoms with Crippen molar-refractivity contribution >= 4 is 0 Å². The Labute approximate surface area is 140 Å². The molecule has 0 aromatic heterocycles. The van der Waals surface area contributed by atoms with E-state index in [0.29, 0.717) is 0 Å². The van der Waals surface area contributed by atoms with E-state index in [4.69, 9.17) is 0 Å². The van der Waals surface area contributed by atoms with Crippen LogP contribution in [0, 0.1) is 0 Å². The van der Waals surface area contributed by atoms with E-state index in [1.54, 1.807) is 6.07 Å². The lowest BCUT2D eigenvalue weighted by Crippen LogP contribution is -1.87. The summed E-state index contributed by atoms with van der Waals surface area (Å²) in [5, 5.41) is 19.2. The zero-order chi connectivity index (χ0) is 16.8. The van der Waals surface area contributed by atoms with Crippen molar-refractivity contribution in [2.75, 3.05) is 0 Å². The monoisotopic (exact) mass is 314 g/mol. The van der Waals surface area contributed by atoms with E-state index in [9.17, 15) is 10.2 Å². The second-order valence-electron chi connectivity index (χ2n) is 5.79. The Morgan fingerprint density at radius 2 is 1.52 bits per heavy atom. The zero-order valence-corrected chi connectivity index (χ0v) is 14.1. The van der Waals surface area contributed by atoms with Crippen molar-refractivity contribution < 1.29 is 10.2 Å². The van der Waals surface area contributed by atoms with Crippen LogP contribution in [0.4, 0.5) is 0 Å².